The second-order valence-electron chi connectivity index (χ2n) is 6.80. The maximum Gasteiger partial charge on any atom is 0.248 e. The zero-order valence-corrected chi connectivity index (χ0v) is 14.7. The van der Waals surface area contributed by atoms with Crippen LogP contribution in [0.15, 0.2) is 30.0 Å². The van der Waals surface area contributed by atoms with E-state index < -0.39 is 0 Å². The number of carbonyl (C=O) groups excluding carboxylic acids is 1. The van der Waals surface area contributed by atoms with Crippen LogP contribution in [0.1, 0.15) is 27.7 Å². The number of hydrogen-bond donors (Lipinski definition) is 1. The van der Waals surface area contributed by atoms with Crippen molar-refractivity contribution in [1.82, 2.24) is 9.88 Å². The van der Waals surface area contributed by atoms with Crippen LogP contribution in [0.4, 0.5) is 11.5 Å². The molecule has 1 aliphatic rings. The summed E-state index contributed by atoms with van der Waals surface area (Å²) >= 11 is 0. The van der Waals surface area contributed by atoms with E-state index in [0.717, 1.165) is 49.8 Å². The molecule has 1 aliphatic heterocycles. The first-order valence-corrected chi connectivity index (χ1v) is 8.33. The van der Waals surface area contributed by atoms with Gasteiger partial charge in [0.1, 0.15) is 5.82 Å². The lowest BCUT2D eigenvalue weighted by atomic mass is 10.2. The molecule has 0 spiro atoms. The molecule has 1 fully saturated rings. The molecule has 1 N–H and O–H groups in total. The summed E-state index contributed by atoms with van der Waals surface area (Å²) < 4.78 is 0. The van der Waals surface area contributed by atoms with Crippen molar-refractivity contribution < 1.29 is 4.79 Å². The summed E-state index contributed by atoms with van der Waals surface area (Å²) in [5.74, 6) is 1.58. The van der Waals surface area contributed by atoms with Gasteiger partial charge in [-0.05, 0) is 31.9 Å². The van der Waals surface area contributed by atoms with Gasteiger partial charge in [-0.25, -0.2) is 4.98 Å². The third-order valence-electron chi connectivity index (χ3n) is 3.75. The summed E-state index contributed by atoms with van der Waals surface area (Å²) in [6, 6.07) is 3.90. The van der Waals surface area contributed by atoms with E-state index in [1.165, 1.54) is 0 Å². The Morgan fingerprint density at radius 3 is 2.48 bits per heavy atom. The van der Waals surface area contributed by atoms with Gasteiger partial charge in [-0.15, -0.1) is 0 Å². The van der Waals surface area contributed by atoms with Gasteiger partial charge in [-0.1, -0.05) is 19.4 Å². The lowest BCUT2D eigenvalue weighted by molar-refractivity contribution is -0.111. The number of nitrogens with zero attached hydrogens (tertiary/aromatic N) is 3. The molecule has 23 heavy (non-hydrogen) atoms. The maximum absolute atomic E-state index is 11.7. The number of anilines is 2. The lowest BCUT2D eigenvalue weighted by Gasteiger charge is -2.36. The molecule has 0 aromatic carbocycles. The van der Waals surface area contributed by atoms with Crippen molar-refractivity contribution in [3.8, 4) is 0 Å². The smallest absolute Gasteiger partial charge is 0.248 e. The number of aromatic nitrogens is 1. The molecule has 5 heteroatoms. The van der Waals surface area contributed by atoms with E-state index in [-0.39, 0.29) is 5.91 Å². The SMILES string of the molecule is CC(C)=CC(=O)Nc1ccc(N2CCN(CC(C)C)CC2)nc1. The predicted molar refractivity (Wildman–Crippen MR) is 95.8 cm³/mol. The second kappa shape index (κ2) is 8.11. The predicted octanol–water partition coefficient (Wildman–Crippen LogP) is 2.76. The fourth-order valence-electron chi connectivity index (χ4n) is 2.76. The first-order chi connectivity index (χ1) is 10.9. The van der Waals surface area contributed by atoms with Crippen LogP contribution in [0.25, 0.3) is 0 Å². The number of hydrogen-bond acceptors (Lipinski definition) is 4. The topological polar surface area (TPSA) is 48.5 Å². The number of pyridine rings is 1. The fourth-order valence-corrected chi connectivity index (χ4v) is 2.76. The Morgan fingerprint density at radius 2 is 1.96 bits per heavy atom. The largest absolute Gasteiger partial charge is 0.354 e. The van der Waals surface area contributed by atoms with Gasteiger partial charge in [0, 0.05) is 38.8 Å². The first kappa shape index (κ1) is 17.5. The molecule has 0 aliphatic carbocycles. The average molecular weight is 316 g/mol. The van der Waals surface area contributed by atoms with Crippen molar-refractivity contribution in [2.45, 2.75) is 27.7 Å². The van der Waals surface area contributed by atoms with Gasteiger partial charge >= 0.3 is 0 Å². The summed E-state index contributed by atoms with van der Waals surface area (Å²) in [7, 11) is 0. The van der Waals surface area contributed by atoms with E-state index in [0.29, 0.717) is 5.92 Å². The quantitative estimate of drug-likeness (QED) is 0.849. The van der Waals surface area contributed by atoms with Crippen molar-refractivity contribution in [3.05, 3.63) is 30.0 Å². The summed E-state index contributed by atoms with van der Waals surface area (Å²) in [4.78, 5) is 21.0. The van der Waals surface area contributed by atoms with E-state index in [1.54, 1.807) is 12.3 Å². The molecule has 2 heterocycles. The van der Waals surface area contributed by atoms with Gasteiger partial charge < -0.3 is 10.2 Å². The number of piperazine rings is 1. The normalized spacial score (nSPS) is 15.6. The van der Waals surface area contributed by atoms with Gasteiger partial charge in [0.05, 0.1) is 11.9 Å². The van der Waals surface area contributed by atoms with Crippen LogP contribution in [0.3, 0.4) is 0 Å². The van der Waals surface area contributed by atoms with E-state index in [4.69, 9.17) is 0 Å². The molecule has 0 bridgehead atoms. The molecule has 1 aromatic heterocycles. The number of rotatable bonds is 5. The molecule has 0 atom stereocenters. The van der Waals surface area contributed by atoms with Crippen LogP contribution >= 0.6 is 0 Å². The van der Waals surface area contributed by atoms with Crippen LogP contribution in [0, 0.1) is 5.92 Å². The van der Waals surface area contributed by atoms with Crippen LogP contribution in [-0.2, 0) is 4.79 Å². The Balaban J connectivity index is 1.88. The minimum absolute atomic E-state index is 0.109. The van der Waals surface area contributed by atoms with Crippen molar-refractivity contribution in [2.75, 3.05) is 42.9 Å². The maximum atomic E-state index is 11.7. The average Bonchev–Trinajstić information content (AvgIpc) is 2.47. The molecule has 1 saturated heterocycles. The molecule has 126 valence electrons. The van der Waals surface area contributed by atoms with Crippen molar-refractivity contribution in [1.29, 1.82) is 0 Å². The minimum Gasteiger partial charge on any atom is -0.354 e. The van der Waals surface area contributed by atoms with Crippen LogP contribution < -0.4 is 10.2 Å². The molecule has 0 unspecified atom stereocenters. The van der Waals surface area contributed by atoms with Gasteiger partial charge in [0.25, 0.3) is 0 Å². The summed E-state index contributed by atoms with van der Waals surface area (Å²) in [6.07, 6.45) is 3.31. The number of amides is 1. The molecular weight excluding hydrogens is 288 g/mol. The van der Waals surface area contributed by atoms with Crippen LogP contribution in [0.2, 0.25) is 0 Å². The first-order valence-electron chi connectivity index (χ1n) is 8.33. The van der Waals surface area contributed by atoms with Gasteiger partial charge in [0.15, 0.2) is 0 Å². The van der Waals surface area contributed by atoms with Crippen molar-refractivity contribution in [2.24, 2.45) is 5.92 Å². The van der Waals surface area contributed by atoms with Gasteiger partial charge in [0.2, 0.25) is 5.91 Å². The second-order valence-corrected chi connectivity index (χ2v) is 6.80. The number of nitrogens with one attached hydrogen (secondary N) is 1. The fraction of sp³-hybridized carbons (Fsp3) is 0.556. The number of allylic oxidation sites excluding steroid dienone is 1. The Kier molecular flexibility index (Phi) is 6.16. The summed E-state index contributed by atoms with van der Waals surface area (Å²) in [5.41, 5.74) is 1.71. The Labute approximate surface area is 139 Å². The van der Waals surface area contributed by atoms with Gasteiger partial charge in [-0.2, -0.15) is 0 Å². The lowest BCUT2D eigenvalue weighted by Crippen LogP contribution is -2.47. The van der Waals surface area contributed by atoms with Crippen molar-refractivity contribution >= 4 is 17.4 Å². The zero-order valence-electron chi connectivity index (χ0n) is 14.7. The highest BCUT2D eigenvalue weighted by molar-refractivity contribution is 5.99. The Hall–Kier alpha value is -1.88. The zero-order chi connectivity index (χ0) is 16.8. The highest BCUT2D eigenvalue weighted by Gasteiger charge is 2.18. The molecule has 0 radical (unpaired) electrons. The number of carbonyl (C=O) groups is 1. The van der Waals surface area contributed by atoms with Crippen molar-refractivity contribution in [3.63, 3.8) is 0 Å². The van der Waals surface area contributed by atoms with Crippen LogP contribution in [-0.4, -0.2) is 48.5 Å². The van der Waals surface area contributed by atoms with E-state index in [9.17, 15) is 4.79 Å². The van der Waals surface area contributed by atoms with Crippen LogP contribution in [0.5, 0.6) is 0 Å². The highest BCUT2D eigenvalue weighted by Crippen LogP contribution is 2.16. The highest BCUT2D eigenvalue weighted by atomic mass is 16.1. The monoisotopic (exact) mass is 316 g/mol. The molecule has 5 nitrogen and oxygen atoms in total. The molecule has 1 amide bonds. The van der Waals surface area contributed by atoms with E-state index in [1.807, 2.05) is 26.0 Å². The Bertz CT molecular complexity index is 539. The third-order valence-corrected chi connectivity index (χ3v) is 3.75. The third kappa shape index (κ3) is 5.67. The molecule has 1 aromatic rings. The van der Waals surface area contributed by atoms with E-state index in [2.05, 4.69) is 33.9 Å². The summed E-state index contributed by atoms with van der Waals surface area (Å²) in [5, 5.41) is 2.83. The van der Waals surface area contributed by atoms with Gasteiger partial charge in [-0.3, -0.25) is 9.69 Å². The standard InChI is InChI=1S/C18H28N4O/c1-14(2)11-18(23)20-16-5-6-17(19-12-16)22-9-7-21(8-10-22)13-15(3)4/h5-6,11-12,15H,7-10,13H2,1-4H3,(H,20,23). The van der Waals surface area contributed by atoms with E-state index >= 15 is 0 Å². The molecule has 2 rings (SSSR count). The molecule has 0 saturated carbocycles. The molecular formula is C18H28N4O. The summed E-state index contributed by atoms with van der Waals surface area (Å²) in [6.45, 7) is 13.7. The minimum atomic E-state index is -0.109. The Morgan fingerprint density at radius 1 is 1.26 bits per heavy atom.